The van der Waals surface area contributed by atoms with E-state index in [-0.39, 0.29) is 29.6 Å². The molecule has 3 heteroatoms. The molecule has 98 valence electrons. The van der Waals surface area contributed by atoms with Gasteiger partial charge in [0.2, 0.25) is 0 Å². The average Bonchev–Trinajstić information content (AvgIpc) is 2.26. The normalized spacial score (nSPS) is 45.3. The number of aliphatic hydroxyl groups is 1. The highest BCUT2D eigenvalue weighted by atomic mass is 35.5. The maximum atomic E-state index is 9.69. The Morgan fingerprint density at radius 2 is 2.24 bits per heavy atom. The highest BCUT2D eigenvalue weighted by Gasteiger charge is 2.53. The van der Waals surface area contributed by atoms with Gasteiger partial charge in [-0.2, -0.15) is 0 Å². The van der Waals surface area contributed by atoms with Crippen LogP contribution in [0.25, 0.3) is 0 Å². The smallest absolute Gasteiger partial charge is 0.0678 e. The summed E-state index contributed by atoms with van der Waals surface area (Å²) >= 11 is 6.62. The zero-order valence-corrected chi connectivity index (χ0v) is 11.7. The van der Waals surface area contributed by atoms with Crippen molar-refractivity contribution in [2.75, 3.05) is 6.61 Å². The van der Waals surface area contributed by atoms with E-state index < -0.39 is 0 Å². The first-order valence-corrected chi connectivity index (χ1v) is 7.03. The van der Waals surface area contributed by atoms with Gasteiger partial charge in [-0.15, -0.1) is 11.6 Å². The van der Waals surface area contributed by atoms with Gasteiger partial charge in [0.15, 0.2) is 0 Å². The quantitative estimate of drug-likeness (QED) is 0.623. The average molecular weight is 259 g/mol. The largest absolute Gasteiger partial charge is 0.395 e. The predicted molar refractivity (Wildman–Crippen MR) is 70.2 cm³/mol. The standard InChI is InChI=1S/C14H23ClO2/c1-9(2)7-12-11-5-4-6-14(8-16,13(11)15)10(3)17-12/h4,6,9-13,16H,5,7-8H2,1-3H3/t10-,11-,12+,13-,14-/m1/s1. The lowest BCUT2D eigenvalue weighted by Crippen LogP contribution is -2.58. The molecule has 1 N–H and O–H groups in total. The summed E-state index contributed by atoms with van der Waals surface area (Å²) in [6, 6.07) is 0. The van der Waals surface area contributed by atoms with Crippen LogP contribution in [0.4, 0.5) is 0 Å². The van der Waals surface area contributed by atoms with E-state index in [1.165, 1.54) is 0 Å². The molecule has 2 aliphatic rings. The van der Waals surface area contributed by atoms with Gasteiger partial charge in [-0.05, 0) is 25.7 Å². The number of halogens is 1. The first kappa shape index (κ1) is 13.4. The molecule has 0 aromatic rings. The van der Waals surface area contributed by atoms with Crippen molar-refractivity contribution in [2.24, 2.45) is 17.3 Å². The summed E-state index contributed by atoms with van der Waals surface area (Å²) in [6.07, 6.45) is 6.49. The second kappa shape index (κ2) is 4.91. The van der Waals surface area contributed by atoms with E-state index in [4.69, 9.17) is 16.3 Å². The first-order valence-electron chi connectivity index (χ1n) is 6.59. The molecule has 5 atom stereocenters. The van der Waals surface area contributed by atoms with E-state index in [1.807, 2.05) is 6.92 Å². The molecule has 0 aromatic heterocycles. The van der Waals surface area contributed by atoms with Crippen molar-refractivity contribution in [1.29, 1.82) is 0 Å². The number of rotatable bonds is 3. The molecule has 0 amide bonds. The topological polar surface area (TPSA) is 29.5 Å². The number of alkyl halides is 1. The van der Waals surface area contributed by atoms with Crippen LogP contribution >= 0.6 is 11.6 Å². The van der Waals surface area contributed by atoms with Gasteiger partial charge in [0, 0.05) is 5.92 Å². The van der Waals surface area contributed by atoms with Gasteiger partial charge in [0.1, 0.15) is 0 Å². The SMILES string of the molecule is CC(C)C[C@@H]1O[C@H](C)[C@]2(CO)C=CC[C@H]1[C@H]2Cl. The summed E-state index contributed by atoms with van der Waals surface area (Å²) in [6.45, 7) is 6.53. The molecular formula is C14H23ClO2. The highest BCUT2D eigenvalue weighted by Crippen LogP contribution is 2.49. The minimum absolute atomic E-state index is 0.00782. The molecule has 1 aliphatic carbocycles. The van der Waals surface area contributed by atoms with E-state index >= 15 is 0 Å². The van der Waals surface area contributed by atoms with Gasteiger partial charge in [-0.25, -0.2) is 0 Å². The Hall–Kier alpha value is -0.0500. The molecule has 1 fully saturated rings. The lowest BCUT2D eigenvalue weighted by Gasteiger charge is -2.52. The van der Waals surface area contributed by atoms with Crippen LogP contribution in [0.1, 0.15) is 33.6 Å². The monoisotopic (exact) mass is 258 g/mol. The molecule has 1 heterocycles. The number of hydrogen-bond acceptors (Lipinski definition) is 2. The number of fused-ring (bicyclic) bond motifs is 2. The summed E-state index contributed by atoms with van der Waals surface area (Å²) in [5.41, 5.74) is -0.377. The second-order valence-electron chi connectivity index (χ2n) is 5.92. The van der Waals surface area contributed by atoms with Crippen molar-refractivity contribution >= 4 is 11.6 Å². The van der Waals surface area contributed by atoms with Crippen LogP contribution in [0.5, 0.6) is 0 Å². The molecule has 1 aliphatic heterocycles. The van der Waals surface area contributed by atoms with Crippen LogP contribution < -0.4 is 0 Å². The number of aliphatic hydroxyl groups excluding tert-OH is 1. The number of ether oxygens (including phenoxy) is 1. The summed E-state index contributed by atoms with van der Waals surface area (Å²) in [5.74, 6) is 0.955. The van der Waals surface area contributed by atoms with Crippen molar-refractivity contribution in [3.8, 4) is 0 Å². The Morgan fingerprint density at radius 1 is 1.53 bits per heavy atom. The van der Waals surface area contributed by atoms with Crippen molar-refractivity contribution in [2.45, 2.75) is 51.2 Å². The van der Waals surface area contributed by atoms with E-state index in [2.05, 4.69) is 26.0 Å². The molecule has 0 aromatic carbocycles. The van der Waals surface area contributed by atoms with Crippen LogP contribution in [-0.2, 0) is 4.74 Å². The molecule has 0 unspecified atom stereocenters. The minimum Gasteiger partial charge on any atom is -0.395 e. The minimum atomic E-state index is -0.377. The van der Waals surface area contributed by atoms with Crippen molar-refractivity contribution in [3.05, 3.63) is 12.2 Å². The molecule has 2 nitrogen and oxygen atoms in total. The van der Waals surface area contributed by atoms with Crippen LogP contribution in [-0.4, -0.2) is 29.3 Å². The molecule has 2 rings (SSSR count). The van der Waals surface area contributed by atoms with Crippen molar-refractivity contribution < 1.29 is 9.84 Å². The molecule has 0 saturated carbocycles. The van der Waals surface area contributed by atoms with E-state index in [9.17, 15) is 5.11 Å². The lowest BCUT2D eigenvalue weighted by molar-refractivity contribution is -0.151. The Kier molecular flexibility index (Phi) is 3.86. The Morgan fingerprint density at radius 3 is 2.82 bits per heavy atom. The molecule has 0 radical (unpaired) electrons. The van der Waals surface area contributed by atoms with Gasteiger partial charge < -0.3 is 9.84 Å². The van der Waals surface area contributed by atoms with E-state index in [0.29, 0.717) is 11.8 Å². The first-order chi connectivity index (χ1) is 8.01. The zero-order chi connectivity index (χ0) is 12.6. The third kappa shape index (κ3) is 2.16. The second-order valence-corrected chi connectivity index (χ2v) is 6.39. The summed E-state index contributed by atoms with van der Waals surface area (Å²) in [5, 5.41) is 9.68. The van der Waals surface area contributed by atoms with Gasteiger partial charge >= 0.3 is 0 Å². The molecule has 0 spiro atoms. The van der Waals surface area contributed by atoms with Crippen LogP contribution in [0, 0.1) is 17.3 Å². The Bertz CT molecular complexity index is 303. The Labute approximate surface area is 109 Å². The fourth-order valence-electron chi connectivity index (χ4n) is 3.21. The maximum absolute atomic E-state index is 9.69. The molecular weight excluding hydrogens is 236 g/mol. The molecule has 2 bridgehead atoms. The number of hydrogen-bond donors (Lipinski definition) is 1. The van der Waals surface area contributed by atoms with Crippen LogP contribution in [0.3, 0.4) is 0 Å². The third-order valence-electron chi connectivity index (χ3n) is 4.32. The third-order valence-corrected chi connectivity index (χ3v) is 5.05. The highest BCUT2D eigenvalue weighted by molar-refractivity contribution is 6.21. The van der Waals surface area contributed by atoms with Gasteiger partial charge in [0.25, 0.3) is 0 Å². The van der Waals surface area contributed by atoms with Gasteiger partial charge in [-0.3, -0.25) is 0 Å². The van der Waals surface area contributed by atoms with E-state index in [1.54, 1.807) is 0 Å². The summed E-state index contributed by atoms with van der Waals surface area (Å²) in [4.78, 5) is 0. The van der Waals surface area contributed by atoms with Crippen molar-refractivity contribution in [3.63, 3.8) is 0 Å². The fourth-order valence-corrected chi connectivity index (χ4v) is 3.79. The maximum Gasteiger partial charge on any atom is 0.0678 e. The number of allylic oxidation sites excluding steroid dienone is 1. The molecule has 1 saturated heterocycles. The van der Waals surface area contributed by atoms with Crippen LogP contribution in [0.2, 0.25) is 0 Å². The van der Waals surface area contributed by atoms with Gasteiger partial charge in [-0.1, -0.05) is 26.0 Å². The summed E-state index contributed by atoms with van der Waals surface area (Å²) in [7, 11) is 0. The lowest BCUT2D eigenvalue weighted by atomic mass is 9.66. The van der Waals surface area contributed by atoms with Gasteiger partial charge in [0.05, 0.1) is 29.6 Å². The zero-order valence-electron chi connectivity index (χ0n) is 10.9. The Balaban J connectivity index is 2.24. The van der Waals surface area contributed by atoms with E-state index in [0.717, 1.165) is 12.8 Å². The fraction of sp³-hybridized carbons (Fsp3) is 0.857. The van der Waals surface area contributed by atoms with Crippen molar-refractivity contribution in [1.82, 2.24) is 0 Å². The molecule has 17 heavy (non-hydrogen) atoms. The summed E-state index contributed by atoms with van der Waals surface area (Å²) < 4.78 is 6.13. The predicted octanol–water partition coefficient (Wildman–Crippen LogP) is 2.98. The van der Waals surface area contributed by atoms with Crippen LogP contribution in [0.15, 0.2) is 12.2 Å².